The molecule has 0 saturated heterocycles. The van der Waals surface area contributed by atoms with Gasteiger partial charge in [-0.25, -0.2) is 13.9 Å². The average Bonchev–Trinajstić information content (AvgIpc) is 2.92. The van der Waals surface area contributed by atoms with Crippen LogP contribution in [0.25, 0.3) is 0 Å². The summed E-state index contributed by atoms with van der Waals surface area (Å²) in [6, 6.07) is 6.24. The highest BCUT2D eigenvalue weighted by Gasteiger charge is 2.20. The van der Waals surface area contributed by atoms with E-state index in [1.807, 2.05) is 0 Å². The number of carboxylic acids is 1. The lowest BCUT2D eigenvalue weighted by Gasteiger charge is -2.16. The van der Waals surface area contributed by atoms with Crippen molar-refractivity contribution in [2.75, 3.05) is 5.32 Å². The van der Waals surface area contributed by atoms with Crippen LogP contribution in [0.5, 0.6) is 0 Å². The van der Waals surface area contributed by atoms with Gasteiger partial charge in [0.15, 0.2) is 5.78 Å². The van der Waals surface area contributed by atoms with Crippen LogP contribution in [-0.2, 0) is 11.3 Å². The van der Waals surface area contributed by atoms with E-state index in [9.17, 15) is 19.1 Å². The number of hydrogen-bond acceptors (Lipinski definition) is 4. The van der Waals surface area contributed by atoms with E-state index in [0.29, 0.717) is 30.5 Å². The lowest BCUT2D eigenvalue weighted by atomic mass is 10.0. The molecule has 0 bridgehead atoms. The zero-order valence-corrected chi connectivity index (χ0v) is 12.8. The zero-order valence-electron chi connectivity index (χ0n) is 12.8. The van der Waals surface area contributed by atoms with Crippen LogP contribution >= 0.6 is 0 Å². The summed E-state index contributed by atoms with van der Waals surface area (Å²) in [5.74, 6) is -1.28. The van der Waals surface area contributed by atoms with Crippen LogP contribution in [0.1, 0.15) is 35.2 Å². The van der Waals surface area contributed by atoms with Crippen LogP contribution in [0.15, 0.2) is 42.2 Å². The lowest BCUT2D eigenvalue weighted by molar-refractivity contribution is -0.115. The molecule has 1 aromatic heterocycles. The zero-order chi connectivity index (χ0) is 17.1. The van der Waals surface area contributed by atoms with E-state index in [4.69, 9.17) is 0 Å². The van der Waals surface area contributed by atoms with Gasteiger partial charge < -0.3 is 10.4 Å². The minimum Gasteiger partial charge on any atom is -0.477 e. The van der Waals surface area contributed by atoms with Gasteiger partial charge in [-0.1, -0.05) is 18.2 Å². The highest BCUT2D eigenvalue weighted by atomic mass is 19.1. The molecule has 0 radical (unpaired) electrons. The molecule has 1 aromatic carbocycles. The molecule has 24 heavy (non-hydrogen) atoms. The average molecular weight is 329 g/mol. The lowest BCUT2D eigenvalue weighted by Crippen LogP contribution is -2.15. The standard InChI is InChI=1S/C17H16FN3O3/c18-15-7-2-1-4-11(15)10-21-16(14(9-19-21)17(23)24)20-12-5-3-6-13(22)8-12/h1-2,4,7-9,20H,3,5-6,10H2,(H,23,24). The van der Waals surface area contributed by atoms with Crippen LogP contribution < -0.4 is 5.32 Å². The first-order valence-corrected chi connectivity index (χ1v) is 7.57. The number of halogens is 1. The molecule has 0 amide bonds. The number of carbonyl (C=O) groups excluding carboxylic acids is 1. The molecule has 0 saturated carbocycles. The predicted molar refractivity (Wildman–Crippen MR) is 85.3 cm³/mol. The summed E-state index contributed by atoms with van der Waals surface area (Å²) in [6.07, 6.45) is 4.55. The Morgan fingerprint density at radius 2 is 2.12 bits per heavy atom. The van der Waals surface area contributed by atoms with Crippen molar-refractivity contribution >= 4 is 17.6 Å². The monoisotopic (exact) mass is 329 g/mol. The van der Waals surface area contributed by atoms with Crippen LogP contribution in [0.2, 0.25) is 0 Å². The van der Waals surface area contributed by atoms with Gasteiger partial charge in [0.05, 0.1) is 12.7 Å². The maximum atomic E-state index is 13.8. The topological polar surface area (TPSA) is 84.2 Å². The maximum absolute atomic E-state index is 13.8. The van der Waals surface area contributed by atoms with Gasteiger partial charge in [0, 0.05) is 23.8 Å². The van der Waals surface area contributed by atoms with Crippen molar-refractivity contribution in [3.05, 3.63) is 59.2 Å². The van der Waals surface area contributed by atoms with Crippen molar-refractivity contribution in [1.29, 1.82) is 0 Å². The summed E-state index contributed by atoms with van der Waals surface area (Å²) in [7, 11) is 0. The van der Waals surface area contributed by atoms with Crippen LogP contribution in [0.4, 0.5) is 10.2 Å². The molecule has 2 aromatic rings. The molecule has 0 fully saturated rings. The Balaban J connectivity index is 1.94. The summed E-state index contributed by atoms with van der Waals surface area (Å²) < 4.78 is 15.2. The number of carboxylic acid groups (broad SMARTS) is 1. The van der Waals surface area contributed by atoms with Crippen LogP contribution in [-0.4, -0.2) is 26.6 Å². The number of aromatic carboxylic acids is 1. The normalized spacial score (nSPS) is 14.4. The number of nitrogens with zero attached hydrogens (tertiary/aromatic N) is 2. The minimum atomic E-state index is -1.14. The molecule has 0 atom stereocenters. The summed E-state index contributed by atoms with van der Waals surface area (Å²) in [5, 5.41) is 16.4. The molecule has 1 aliphatic carbocycles. The largest absolute Gasteiger partial charge is 0.477 e. The predicted octanol–water partition coefficient (Wildman–Crippen LogP) is 2.82. The molecule has 7 heteroatoms. The van der Waals surface area contributed by atoms with Gasteiger partial charge in [-0.15, -0.1) is 0 Å². The van der Waals surface area contributed by atoms with E-state index >= 15 is 0 Å². The van der Waals surface area contributed by atoms with E-state index in [1.165, 1.54) is 23.0 Å². The Labute approximate surface area is 137 Å². The van der Waals surface area contributed by atoms with Crippen molar-refractivity contribution in [3.63, 3.8) is 0 Å². The Kier molecular flexibility index (Phi) is 4.41. The van der Waals surface area contributed by atoms with E-state index in [1.54, 1.807) is 18.2 Å². The molecular formula is C17H16FN3O3. The highest BCUT2D eigenvalue weighted by Crippen LogP contribution is 2.23. The first kappa shape index (κ1) is 15.9. The molecule has 1 heterocycles. The Morgan fingerprint density at radius 1 is 1.33 bits per heavy atom. The molecule has 0 spiro atoms. The second kappa shape index (κ2) is 6.66. The van der Waals surface area contributed by atoms with Gasteiger partial charge in [-0.2, -0.15) is 5.10 Å². The van der Waals surface area contributed by atoms with Crippen molar-refractivity contribution < 1.29 is 19.1 Å². The number of allylic oxidation sites excluding steroid dienone is 2. The number of anilines is 1. The molecule has 0 unspecified atom stereocenters. The maximum Gasteiger partial charge on any atom is 0.341 e. The van der Waals surface area contributed by atoms with Crippen molar-refractivity contribution in [2.24, 2.45) is 0 Å². The molecule has 6 nitrogen and oxygen atoms in total. The Bertz CT molecular complexity index is 826. The molecule has 124 valence electrons. The van der Waals surface area contributed by atoms with Crippen molar-refractivity contribution in [2.45, 2.75) is 25.8 Å². The summed E-state index contributed by atoms with van der Waals surface area (Å²) in [4.78, 5) is 22.9. The molecule has 3 rings (SSSR count). The third-order valence-electron chi connectivity index (χ3n) is 3.83. The fourth-order valence-corrected chi connectivity index (χ4v) is 2.62. The molecule has 1 aliphatic rings. The van der Waals surface area contributed by atoms with Gasteiger partial charge in [-0.3, -0.25) is 4.79 Å². The van der Waals surface area contributed by atoms with Gasteiger partial charge in [0.1, 0.15) is 17.2 Å². The Hall–Kier alpha value is -2.96. The van der Waals surface area contributed by atoms with Crippen LogP contribution in [0.3, 0.4) is 0 Å². The summed E-state index contributed by atoms with van der Waals surface area (Å²) >= 11 is 0. The quantitative estimate of drug-likeness (QED) is 0.881. The van der Waals surface area contributed by atoms with Gasteiger partial charge >= 0.3 is 5.97 Å². The van der Waals surface area contributed by atoms with E-state index in [2.05, 4.69) is 10.4 Å². The number of aromatic nitrogens is 2. The van der Waals surface area contributed by atoms with E-state index in [-0.39, 0.29) is 29.5 Å². The second-order valence-corrected chi connectivity index (χ2v) is 5.58. The number of rotatable bonds is 5. The van der Waals surface area contributed by atoms with E-state index in [0.717, 1.165) is 0 Å². The summed E-state index contributed by atoms with van der Waals surface area (Å²) in [5.41, 5.74) is 1.02. The number of benzene rings is 1. The SMILES string of the molecule is O=C1C=C(Nc2c(C(=O)O)cnn2Cc2ccccc2F)CCC1. The van der Waals surface area contributed by atoms with Crippen LogP contribution in [0, 0.1) is 5.82 Å². The molecule has 0 aliphatic heterocycles. The third-order valence-corrected chi connectivity index (χ3v) is 3.83. The fraction of sp³-hybridized carbons (Fsp3) is 0.235. The third kappa shape index (κ3) is 3.34. The van der Waals surface area contributed by atoms with Crippen molar-refractivity contribution in [3.8, 4) is 0 Å². The number of ketones is 1. The highest BCUT2D eigenvalue weighted by molar-refractivity contribution is 5.94. The first-order chi connectivity index (χ1) is 11.5. The Morgan fingerprint density at radius 3 is 2.83 bits per heavy atom. The van der Waals surface area contributed by atoms with Gasteiger partial charge in [-0.05, 0) is 18.9 Å². The first-order valence-electron chi connectivity index (χ1n) is 7.57. The fourth-order valence-electron chi connectivity index (χ4n) is 2.62. The van der Waals surface area contributed by atoms with Gasteiger partial charge in [0.2, 0.25) is 0 Å². The van der Waals surface area contributed by atoms with E-state index < -0.39 is 5.97 Å². The smallest absolute Gasteiger partial charge is 0.341 e. The van der Waals surface area contributed by atoms with Crippen molar-refractivity contribution in [1.82, 2.24) is 9.78 Å². The number of carbonyl (C=O) groups is 2. The minimum absolute atomic E-state index is 0.000735. The second-order valence-electron chi connectivity index (χ2n) is 5.58. The number of nitrogens with one attached hydrogen (secondary N) is 1. The summed E-state index contributed by atoms with van der Waals surface area (Å²) in [6.45, 7) is 0.0868. The van der Waals surface area contributed by atoms with Gasteiger partial charge in [0.25, 0.3) is 0 Å². The molecular weight excluding hydrogens is 313 g/mol. The molecule has 2 N–H and O–H groups in total. The number of hydrogen-bond donors (Lipinski definition) is 2.